The van der Waals surface area contributed by atoms with Crippen LogP contribution in [0.4, 0.5) is 17.6 Å². The van der Waals surface area contributed by atoms with Gasteiger partial charge in [-0.1, -0.05) is 25.7 Å². The van der Waals surface area contributed by atoms with Gasteiger partial charge in [0, 0.05) is 20.8 Å². The monoisotopic (exact) mass is 367 g/mol. The van der Waals surface area contributed by atoms with Crippen molar-refractivity contribution in [2.75, 3.05) is 20.8 Å². The SMILES string of the molecule is CO[Si](OC)OCCCCCCCCc1cc(F)c(F)c(F)c1F. The third kappa shape index (κ3) is 6.88. The minimum atomic E-state index is -1.76. The van der Waals surface area contributed by atoms with Crippen LogP contribution >= 0.6 is 0 Å². The van der Waals surface area contributed by atoms with Gasteiger partial charge in [0.05, 0.1) is 0 Å². The summed E-state index contributed by atoms with van der Waals surface area (Å²) < 4.78 is 67.8. The molecule has 0 aliphatic carbocycles. The molecule has 0 heterocycles. The molecule has 1 aromatic carbocycles. The van der Waals surface area contributed by atoms with E-state index in [4.69, 9.17) is 13.3 Å². The summed E-state index contributed by atoms with van der Waals surface area (Å²) >= 11 is 0. The van der Waals surface area contributed by atoms with Crippen molar-refractivity contribution in [1.29, 1.82) is 0 Å². The second-order valence-corrected chi connectivity index (χ2v) is 6.94. The summed E-state index contributed by atoms with van der Waals surface area (Å²) in [6.07, 6.45) is 5.39. The minimum absolute atomic E-state index is 0.117. The fourth-order valence-corrected chi connectivity index (χ4v) is 3.00. The normalized spacial score (nSPS) is 11.5. The Bertz CT molecular complexity index is 499. The highest BCUT2D eigenvalue weighted by atomic mass is 28.3. The van der Waals surface area contributed by atoms with Gasteiger partial charge in [-0.05, 0) is 30.9 Å². The summed E-state index contributed by atoms with van der Waals surface area (Å²) in [5, 5.41) is 0. The Morgan fingerprint density at radius 1 is 0.792 bits per heavy atom. The zero-order valence-corrected chi connectivity index (χ0v) is 15.0. The first kappa shape index (κ1) is 21.1. The number of unbranched alkanes of at least 4 members (excludes halogenated alkanes) is 5. The van der Waals surface area contributed by atoms with Gasteiger partial charge in [-0.15, -0.1) is 0 Å². The van der Waals surface area contributed by atoms with E-state index in [0.29, 0.717) is 13.0 Å². The molecule has 0 aliphatic heterocycles. The zero-order chi connectivity index (χ0) is 17.9. The maximum atomic E-state index is 13.5. The third-order valence-electron chi connectivity index (χ3n) is 3.57. The van der Waals surface area contributed by atoms with Crippen LogP contribution in [0.25, 0.3) is 0 Å². The predicted octanol–water partition coefficient (Wildman–Crippen LogP) is 4.42. The Morgan fingerprint density at radius 3 is 2.00 bits per heavy atom. The minimum Gasteiger partial charge on any atom is -0.375 e. The average Bonchev–Trinajstić information content (AvgIpc) is 2.59. The summed E-state index contributed by atoms with van der Waals surface area (Å²) in [4.78, 5) is 0. The number of halogens is 4. The molecule has 0 bridgehead atoms. The van der Waals surface area contributed by atoms with Crippen LogP contribution in [0.15, 0.2) is 6.07 Å². The Kier molecular flexibility index (Phi) is 10.2. The van der Waals surface area contributed by atoms with E-state index < -0.39 is 32.8 Å². The Balaban J connectivity index is 2.13. The van der Waals surface area contributed by atoms with Crippen LogP contribution in [0.5, 0.6) is 0 Å². The van der Waals surface area contributed by atoms with Crippen LogP contribution in [0.2, 0.25) is 0 Å². The van der Waals surface area contributed by atoms with E-state index >= 15 is 0 Å². The third-order valence-corrected chi connectivity index (χ3v) is 4.68. The van der Waals surface area contributed by atoms with Crippen molar-refractivity contribution in [2.45, 2.75) is 44.9 Å². The van der Waals surface area contributed by atoms with E-state index in [1.54, 1.807) is 14.2 Å². The van der Waals surface area contributed by atoms with Gasteiger partial charge in [-0.25, -0.2) is 17.6 Å². The largest absolute Gasteiger partial charge is 0.577 e. The Morgan fingerprint density at radius 2 is 1.38 bits per heavy atom. The van der Waals surface area contributed by atoms with Gasteiger partial charge in [0.15, 0.2) is 23.3 Å². The van der Waals surface area contributed by atoms with Crippen LogP contribution in [0.1, 0.15) is 44.1 Å². The van der Waals surface area contributed by atoms with Gasteiger partial charge in [0.2, 0.25) is 0 Å². The molecular weight excluding hydrogens is 344 g/mol. The number of rotatable bonds is 12. The number of hydrogen-bond donors (Lipinski definition) is 0. The van der Waals surface area contributed by atoms with Crippen molar-refractivity contribution in [3.8, 4) is 0 Å². The van der Waals surface area contributed by atoms with Crippen molar-refractivity contribution >= 4 is 9.53 Å². The highest BCUT2D eigenvalue weighted by molar-refractivity contribution is 6.36. The van der Waals surface area contributed by atoms with E-state index in [1.807, 2.05) is 0 Å². The first-order valence-electron chi connectivity index (χ1n) is 7.90. The van der Waals surface area contributed by atoms with Crippen molar-refractivity contribution < 1.29 is 30.8 Å². The molecule has 0 amide bonds. The van der Waals surface area contributed by atoms with Crippen molar-refractivity contribution in [2.24, 2.45) is 0 Å². The summed E-state index contributed by atoms with van der Waals surface area (Å²) in [6.45, 7) is 0.579. The molecule has 0 saturated carbocycles. The molecule has 1 rings (SSSR count). The molecule has 137 valence electrons. The van der Waals surface area contributed by atoms with Crippen molar-refractivity contribution in [1.82, 2.24) is 0 Å². The lowest BCUT2D eigenvalue weighted by Gasteiger charge is -2.09. The molecule has 0 spiro atoms. The van der Waals surface area contributed by atoms with Crippen LogP contribution < -0.4 is 0 Å². The van der Waals surface area contributed by atoms with E-state index in [9.17, 15) is 17.6 Å². The summed E-state index contributed by atoms with van der Waals surface area (Å²) in [7, 11) is 1.49. The topological polar surface area (TPSA) is 27.7 Å². The fourth-order valence-electron chi connectivity index (χ4n) is 2.29. The lowest BCUT2D eigenvalue weighted by molar-refractivity contribution is 0.133. The van der Waals surface area contributed by atoms with Crippen LogP contribution in [-0.2, 0) is 19.7 Å². The molecule has 3 nitrogen and oxygen atoms in total. The van der Waals surface area contributed by atoms with E-state index in [-0.39, 0.29) is 12.0 Å². The fraction of sp³-hybridized carbons (Fsp3) is 0.625. The van der Waals surface area contributed by atoms with E-state index in [2.05, 4.69) is 0 Å². The Labute approximate surface area is 141 Å². The first-order chi connectivity index (χ1) is 11.5. The number of hydrogen-bond acceptors (Lipinski definition) is 3. The van der Waals surface area contributed by atoms with Gasteiger partial charge in [-0.2, -0.15) is 0 Å². The lowest BCUT2D eigenvalue weighted by Crippen LogP contribution is -2.24. The van der Waals surface area contributed by atoms with Gasteiger partial charge in [-0.3, -0.25) is 0 Å². The molecular formula is C16H23F4O3Si. The van der Waals surface area contributed by atoms with Gasteiger partial charge >= 0.3 is 9.53 Å². The Hall–Kier alpha value is -0.963. The zero-order valence-electron chi connectivity index (χ0n) is 14.0. The molecule has 24 heavy (non-hydrogen) atoms. The molecule has 0 unspecified atom stereocenters. The standard InChI is InChI=1S/C16H23F4O3Si/c1-21-24(22-2)23-10-8-6-4-3-5-7-9-12-11-13(17)15(19)16(20)14(12)18/h11H,3-10H2,1-2H3. The van der Waals surface area contributed by atoms with Crippen molar-refractivity contribution in [3.05, 3.63) is 34.9 Å². The molecule has 8 heteroatoms. The summed E-state index contributed by atoms with van der Waals surface area (Å²) in [5.74, 6) is -6.14. The highest BCUT2D eigenvalue weighted by Gasteiger charge is 2.18. The molecule has 0 fully saturated rings. The van der Waals surface area contributed by atoms with E-state index in [0.717, 1.165) is 38.2 Å². The van der Waals surface area contributed by atoms with Gasteiger partial charge in [0.25, 0.3) is 0 Å². The van der Waals surface area contributed by atoms with Crippen LogP contribution in [0.3, 0.4) is 0 Å². The molecule has 0 atom stereocenters. The first-order valence-corrected chi connectivity index (χ1v) is 9.13. The van der Waals surface area contributed by atoms with Crippen LogP contribution in [-0.4, -0.2) is 30.4 Å². The van der Waals surface area contributed by atoms with Crippen molar-refractivity contribution in [3.63, 3.8) is 0 Å². The maximum Gasteiger partial charge on any atom is 0.577 e. The molecule has 0 N–H and O–H groups in total. The van der Waals surface area contributed by atoms with E-state index in [1.165, 1.54) is 0 Å². The molecule has 0 aromatic heterocycles. The predicted molar refractivity (Wildman–Crippen MR) is 83.4 cm³/mol. The van der Waals surface area contributed by atoms with Gasteiger partial charge < -0.3 is 13.3 Å². The lowest BCUT2D eigenvalue weighted by atomic mass is 10.0. The second-order valence-electron chi connectivity index (χ2n) is 5.34. The molecule has 0 saturated heterocycles. The molecule has 1 radical (unpaired) electrons. The van der Waals surface area contributed by atoms with Crippen LogP contribution in [0, 0.1) is 23.3 Å². The molecule has 1 aromatic rings. The molecule has 0 aliphatic rings. The average molecular weight is 367 g/mol. The van der Waals surface area contributed by atoms with Gasteiger partial charge in [0.1, 0.15) is 0 Å². The highest BCUT2D eigenvalue weighted by Crippen LogP contribution is 2.20. The maximum absolute atomic E-state index is 13.5. The number of aryl methyl sites for hydroxylation is 1. The summed E-state index contributed by atoms with van der Waals surface area (Å²) in [5.41, 5.74) is -0.117. The number of benzene rings is 1. The quantitative estimate of drug-likeness (QED) is 0.180. The second kappa shape index (κ2) is 11.6. The summed E-state index contributed by atoms with van der Waals surface area (Å²) in [6, 6.07) is 0.732. The smallest absolute Gasteiger partial charge is 0.375 e.